The maximum atomic E-state index is 13.1. The van der Waals surface area contributed by atoms with Crippen molar-refractivity contribution in [1.29, 1.82) is 0 Å². The number of hydrogen-bond donors (Lipinski definition) is 3. The lowest BCUT2D eigenvalue weighted by molar-refractivity contribution is -0.161. The summed E-state index contributed by atoms with van der Waals surface area (Å²) in [5.41, 5.74) is 0. The van der Waals surface area contributed by atoms with Crippen LogP contribution >= 0.6 is 15.6 Å². The number of aliphatic hydroxyl groups is 1. The Balaban J connectivity index is 5.23. The number of rotatable bonds is 77. The van der Waals surface area contributed by atoms with Crippen LogP contribution in [0.3, 0.4) is 0 Å². The molecular weight excluding hydrogens is 1280 g/mol. The molecule has 2 unspecified atom stereocenters. The van der Waals surface area contributed by atoms with E-state index < -0.39 is 97.5 Å². The Kier molecular flexibility index (Phi) is 68.1. The fourth-order valence-electron chi connectivity index (χ4n) is 12.1. The molecule has 582 valence electrons. The van der Waals surface area contributed by atoms with Crippen molar-refractivity contribution in [2.75, 3.05) is 39.6 Å². The monoisotopic (exact) mass is 1440 g/mol. The zero-order valence-corrected chi connectivity index (χ0v) is 66.0. The van der Waals surface area contributed by atoms with Gasteiger partial charge >= 0.3 is 39.5 Å². The molecule has 0 bridgehead atoms. The molecule has 19 heteroatoms. The Hall–Kier alpha value is -1.94. The van der Waals surface area contributed by atoms with Crippen molar-refractivity contribution in [2.24, 2.45) is 17.8 Å². The minimum absolute atomic E-state index is 0.106. The van der Waals surface area contributed by atoms with Gasteiger partial charge in [0.05, 0.1) is 26.4 Å². The van der Waals surface area contributed by atoms with Gasteiger partial charge in [-0.3, -0.25) is 37.3 Å². The number of carbonyl (C=O) groups is 4. The van der Waals surface area contributed by atoms with E-state index in [1.807, 2.05) is 0 Å². The summed E-state index contributed by atoms with van der Waals surface area (Å²) >= 11 is 0. The lowest BCUT2D eigenvalue weighted by Gasteiger charge is -2.21. The van der Waals surface area contributed by atoms with E-state index in [-0.39, 0.29) is 25.7 Å². The second-order valence-corrected chi connectivity index (χ2v) is 32.8. The summed E-state index contributed by atoms with van der Waals surface area (Å²) in [6.07, 6.45) is 56.8. The fraction of sp³-hybridized carbons (Fsp3) is 0.949. The smallest absolute Gasteiger partial charge is 0.462 e. The number of carbonyl (C=O) groups excluding carboxylic acids is 4. The first-order valence-corrected chi connectivity index (χ1v) is 43.8. The van der Waals surface area contributed by atoms with Crippen LogP contribution in [0.1, 0.15) is 408 Å². The SMILES string of the molecule is CCCCCCCCCCCC(=O)OC[C@H](COP(=O)(O)OC[C@H](O)COP(=O)(O)OC[C@@H](COC(=O)CCCCCCCCCCCCCCCCC(C)C)OC(=O)CCCCCCCCCCCCCCCCCC(C)C)OC(=O)CCCCCCCCCCCCCC(C)C. The van der Waals surface area contributed by atoms with Crippen molar-refractivity contribution in [3.05, 3.63) is 0 Å². The molecule has 0 aromatic carbocycles. The molecule has 17 nitrogen and oxygen atoms in total. The van der Waals surface area contributed by atoms with Crippen LogP contribution < -0.4 is 0 Å². The van der Waals surface area contributed by atoms with Gasteiger partial charge in [-0.15, -0.1) is 0 Å². The van der Waals surface area contributed by atoms with E-state index in [1.165, 1.54) is 218 Å². The van der Waals surface area contributed by atoms with Crippen molar-refractivity contribution >= 4 is 39.5 Å². The molecule has 0 aromatic heterocycles. The number of phosphoric acid groups is 2. The van der Waals surface area contributed by atoms with Gasteiger partial charge in [-0.1, -0.05) is 357 Å². The Bertz CT molecular complexity index is 1900. The summed E-state index contributed by atoms with van der Waals surface area (Å²) < 4.78 is 68.6. The second kappa shape index (κ2) is 69.4. The number of phosphoric ester groups is 2. The van der Waals surface area contributed by atoms with Gasteiger partial charge in [0.15, 0.2) is 12.2 Å². The fourth-order valence-corrected chi connectivity index (χ4v) is 13.7. The average molecular weight is 1440 g/mol. The first kappa shape index (κ1) is 96.1. The first-order valence-electron chi connectivity index (χ1n) is 40.8. The second-order valence-electron chi connectivity index (χ2n) is 29.9. The van der Waals surface area contributed by atoms with Crippen LogP contribution in [0.2, 0.25) is 0 Å². The summed E-state index contributed by atoms with van der Waals surface area (Å²) in [6.45, 7) is 12.0. The first-order chi connectivity index (χ1) is 47.2. The summed E-state index contributed by atoms with van der Waals surface area (Å²) in [5, 5.41) is 10.6. The van der Waals surface area contributed by atoms with Crippen molar-refractivity contribution in [3.63, 3.8) is 0 Å². The number of aliphatic hydroxyl groups excluding tert-OH is 1. The predicted molar refractivity (Wildman–Crippen MR) is 400 cm³/mol. The number of unbranched alkanes of at least 4 members (excludes halogenated alkanes) is 45. The summed E-state index contributed by atoms with van der Waals surface area (Å²) in [5.74, 6) is 0.253. The molecule has 0 rings (SSSR count). The summed E-state index contributed by atoms with van der Waals surface area (Å²) in [4.78, 5) is 72.9. The van der Waals surface area contributed by atoms with Gasteiger partial charge in [0.2, 0.25) is 0 Å². The molecular formula is C79H154O17P2. The van der Waals surface area contributed by atoms with Gasteiger partial charge in [-0.05, 0) is 43.4 Å². The Morgan fingerprint density at radius 1 is 0.276 bits per heavy atom. The standard InChI is InChI=1S/C79H154O17P2/c1-8-9-10-11-12-29-39-46-53-60-76(81)89-66-74(95-79(84)63-56-49-42-35-28-22-25-32-38-45-52-59-72(6)7)68-93-97(85,86)91-64-73(80)65-92-98(87,88)94-69-75(67-90-77(82)61-54-47-40-33-26-20-17-16-19-24-31-37-44-51-58-71(4)5)96-78(83)62-55-48-41-34-27-21-15-13-14-18-23-30-36-43-50-57-70(2)3/h70-75,80H,8-69H2,1-7H3,(H,85,86)(H,87,88)/t73-,74+,75+/m0/s1. The molecule has 0 spiro atoms. The maximum absolute atomic E-state index is 13.1. The van der Waals surface area contributed by atoms with Crippen LogP contribution in [-0.4, -0.2) is 96.7 Å². The van der Waals surface area contributed by atoms with Crippen LogP contribution in [0.4, 0.5) is 0 Å². The zero-order valence-electron chi connectivity index (χ0n) is 64.3. The van der Waals surface area contributed by atoms with E-state index in [9.17, 15) is 43.2 Å². The van der Waals surface area contributed by atoms with Crippen LogP contribution in [0.25, 0.3) is 0 Å². The quantitative estimate of drug-likeness (QED) is 0.0222. The van der Waals surface area contributed by atoms with Gasteiger partial charge in [-0.25, -0.2) is 9.13 Å². The molecule has 0 aliphatic rings. The normalized spacial score (nSPS) is 14.0. The van der Waals surface area contributed by atoms with Gasteiger partial charge in [-0.2, -0.15) is 0 Å². The molecule has 98 heavy (non-hydrogen) atoms. The highest BCUT2D eigenvalue weighted by Gasteiger charge is 2.30. The van der Waals surface area contributed by atoms with Crippen molar-refractivity contribution < 1.29 is 80.2 Å². The van der Waals surface area contributed by atoms with E-state index in [0.717, 1.165) is 108 Å². The topological polar surface area (TPSA) is 237 Å². The molecule has 5 atom stereocenters. The van der Waals surface area contributed by atoms with Crippen LogP contribution in [0.5, 0.6) is 0 Å². The maximum Gasteiger partial charge on any atom is 0.472 e. The number of ether oxygens (including phenoxy) is 4. The molecule has 0 aliphatic heterocycles. The Labute approximate surface area is 600 Å². The van der Waals surface area contributed by atoms with Gasteiger partial charge in [0.1, 0.15) is 19.3 Å². The van der Waals surface area contributed by atoms with Crippen molar-refractivity contribution in [3.8, 4) is 0 Å². The summed E-state index contributed by atoms with van der Waals surface area (Å²) in [7, 11) is -9.92. The van der Waals surface area contributed by atoms with Crippen LogP contribution in [0, 0.1) is 17.8 Å². The molecule has 0 amide bonds. The largest absolute Gasteiger partial charge is 0.472 e. The molecule has 0 fully saturated rings. The third-order valence-electron chi connectivity index (χ3n) is 18.4. The minimum Gasteiger partial charge on any atom is -0.462 e. The van der Waals surface area contributed by atoms with E-state index in [0.29, 0.717) is 25.7 Å². The third kappa shape index (κ3) is 72.4. The van der Waals surface area contributed by atoms with E-state index in [4.69, 9.17) is 37.0 Å². The Morgan fingerprint density at radius 2 is 0.469 bits per heavy atom. The van der Waals surface area contributed by atoms with E-state index in [1.54, 1.807) is 0 Å². The lowest BCUT2D eigenvalue weighted by Crippen LogP contribution is -2.30. The molecule has 0 heterocycles. The van der Waals surface area contributed by atoms with Crippen LogP contribution in [-0.2, 0) is 65.4 Å². The molecule has 0 saturated heterocycles. The van der Waals surface area contributed by atoms with Gasteiger partial charge < -0.3 is 33.8 Å². The number of esters is 4. The van der Waals surface area contributed by atoms with Gasteiger partial charge in [0.25, 0.3) is 0 Å². The van der Waals surface area contributed by atoms with Crippen molar-refractivity contribution in [2.45, 2.75) is 426 Å². The van der Waals surface area contributed by atoms with Crippen molar-refractivity contribution in [1.82, 2.24) is 0 Å². The highest BCUT2D eigenvalue weighted by Crippen LogP contribution is 2.45. The Morgan fingerprint density at radius 3 is 0.694 bits per heavy atom. The highest BCUT2D eigenvalue weighted by molar-refractivity contribution is 7.47. The lowest BCUT2D eigenvalue weighted by atomic mass is 10.0. The van der Waals surface area contributed by atoms with Crippen LogP contribution in [0.15, 0.2) is 0 Å². The van der Waals surface area contributed by atoms with E-state index in [2.05, 4.69) is 48.5 Å². The molecule has 0 aromatic rings. The number of hydrogen-bond acceptors (Lipinski definition) is 15. The molecule has 3 N–H and O–H groups in total. The molecule has 0 aliphatic carbocycles. The predicted octanol–water partition coefficient (Wildman–Crippen LogP) is 23.4. The summed E-state index contributed by atoms with van der Waals surface area (Å²) in [6, 6.07) is 0. The average Bonchev–Trinajstić information content (AvgIpc) is 2.47. The minimum atomic E-state index is -4.96. The highest BCUT2D eigenvalue weighted by atomic mass is 31.2. The zero-order chi connectivity index (χ0) is 72.3. The van der Waals surface area contributed by atoms with Gasteiger partial charge in [0, 0.05) is 25.7 Å². The van der Waals surface area contributed by atoms with E-state index >= 15 is 0 Å². The molecule has 0 saturated carbocycles. The third-order valence-corrected chi connectivity index (χ3v) is 20.3. The molecule has 0 radical (unpaired) electrons.